The molecule has 6 nitrogen and oxygen atoms in total. The van der Waals surface area contributed by atoms with Gasteiger partial charge in [-0.2, -0.15) is 0 Å². The monoisotopic (exact) mass is 382 g/mol. The number of anilines is 1. The van der Waals surface area contributed by atoms with Crippen LogP contribution in [0, 0.1) is 11.8 Å². The van der Waals surface area contributed by atoms with Gasteiger partial charge in [0.15, 0.2) is 6.54 Å². The van der Waals surface area contributed by atoms with Crippen LogP contribution in [0.2, 0.25) is 5.02 Å². The van der Waals surface area contributed by atoms with Gasteiger partial charge in [-0.3, -0.25) is 9.59 Å². The molecule has 1 aliphatic rings. The molecule has 2 amide bonds. The van der Waals surface area contributed by atoms with E-state index in [1.807, 2.05) is 0 Å². The van der Waals surface area contributed by atoms with Crippen LogP contribution in [0.3, 0.4) is 0 Å². The molecule has 0 bridgehead atoms. The summed E-state index contributed by atoms with van der Waals surface area (Å²) in [5.41, 5.74) is 0.496. The first-order chi connectivity index (χ1) is 12.3. The van der Waals surface area contributed by atoms with Crippen LogP contribution in [0.15, 0.2) is 18.2 Å². The van der Waals surface area contributed by atoms with Gasteiger partial charge in [-0.15, -0.1) is 0 Å². The second kappa shape index (κ2) is 9.24. The van der Waals surface area contributed by atoms with E-state index >= 15 is 0 Å². The van der Waals surface area contributed by atoms with E-state index in [4.69, 9.17) is 16.3 Å². The molecule has 1 unspecified atom stereocenters. The molecule has 26 heavy (non-hydrogen) atoms. The van der Waals surface area contributed by atoms with Gasteiger partial charge in [-0.1, -0.05) is 25.4 Å². The van der Waals surface area contributed by atoms with Crippen molar-refractivity contribution in [3.8, 4) is 5.75 Å². The van der Waals surface area contributed by atoms with Crippen LogP contribution in [0.5, 0.6) is 5.75 Å². The molecule has 1 saturated heterocycles. The number of hydrogen-bond acceptors (Lipinski definition) is 3. The highest BCUT2D eigenvalue weighted by atomic mass is 35.5. The number of rotatable bonds is 6. The maximum absolute atomic E-state index is 12.5. The van der Waals surface area contributed by atoms with Crippen molar-refractivity contribution >= 4 is 29.1 Å². The van der Waals surface area contributed by atoms with Crippen molar-refractivity contribution in [2.45, 2.75) is 20.3 Å². The van der Waals surface area contributed by atoms with E-state index in [1.165, 1.54) is 23.3 Å². The lowest BCUT2D eigenvalue weighted by molar-refractivity contribution is -0.904. The first-order valence-corrected chi connectivity index (χ1v) is 9.37. The summed E-state index contributed by atoms with van der Waals surface area (Å²) in [6, 6.07) is 5.00. The van der Waals surface area contributed by atoms with E-state index in [2.05, 4.69) is 19.2 Å². The first kappa shape index (κ1) is 20.5. The highest BCUT2D eigenvalue weighted by Gasteiger charge is 2.28. The van der Waals surface area contributed by atoms with Crippen LogP contribution in [0.25, 0.3) is 0 Å². The lowest BCUT2D eigenvalue weighted by Crippen LogP contribution is -3.15. The molecule has 0 aliphatic carbocycles. The maximum atomic E-state index is 12.5. The zero-order valence-electron chi connectivity index (χ0n) is 16.0. The van der Waals surface area contributed by atoms with Gasteiger partial charge in [0.05, 0.1) is 32.4 Å². The van der Waals surface area contributed by atoms with Gasteiger partial charge in [0, 0.05) is 23.9 Å². The average Bonchev–Trinajstić information content (AvgIpc) is 2.53. The Morgan fingerprint density at radius 1 is 1.31 bits per heavy atom. The van der Waals surface area contributed by atoms with E-state index in [0.29, 0.717) is 34.8 Å². The van der Waals surface area contributed by atoms with Crippen molar-refractivity contribution in [1.29, 1.82) is 0 Å². The predicted octanol–water partition coefficient (Wildman–Crippen LogP) is 1.31. The Balaban J connectivity index is 1.88. The molecule has 1 aromatic rings. The van der Waals surface area contributed by atoms with Gasteiger partial charge < -0.3 is 19.9 Å². The smallest absolute Gasteiger partial charge is 0.277 e. The minimum atomic E-state index is -0.281. The molecule has 7 heteroatoms. The highest BCUT2D eigenvalue weighted by Crippen LogP contribution is 2.27. The van der Waals surface area contributed by atoms with E-state index in [-0.39, 0.29) is 18.4 Å². The van der Waals surface area contributed by atoms with Crippen molar-refractivity contribution in [2.24, 2.45) is 11.8 Å². The Hall–Kier alpha value is -1.79. The SMILES string of the molecule is COc1ccc(Cl)cc1NC(=O)CN(C)C(=O)C[NH+]1C[C@H](C)C[C@H](C)C1. The summed E-state index contributed by atoms with van der Waals surface area (Å²) in [7, 11) is 3.19. The number of carbonyl (C=O) groups excluding carboxylic acids is 2. The summed E-state index contributed by atoms with van der Waals surface area (Å²) in [4.78, 5) is 27.5. The molecule has 144 valence electrons. The van der Waals surface area contributed by atoms with Gasteiger partial charge in [-0.05, 0) is 24.6 Å². The summed E-state index contributed by atoms with van der Waals surface area (Å²) in [6.07, 6.45) is 1.22. The summed E-state index contributed by atoms with van der Waals surface area (Å²) in [5, 5.41) is 3.26. The lowest BCUT2D eigenvalue weighted by atomic mass is 9.92. The largest absolute Gasteiger partial charge is 0.495 e. The predicted molar refractivity (Wildman–Crippen MR) is 103 cm³/mol. The normalized spacial score (nSPS) is 22.6. The maximum Gasteiger partial charge on any atom is 0.277 e. The summed E-state index contributed by atoms with van der Waals surface area (Å²) in [6.45, 7) is 6.91. The molecule has 2 rings (SSSR count). The van der Waals surface area contributed by atoms with Crippen molar-refractivity contribution in [3.63, 3.8) is 0 Å². The lowest BCUT2D eigenvalue weighted by Gasteiger charge is -2.32. The zero-order chi connectivity index (χ0) is 19.3. The van der Waals surface area contributed by atoms with Gasteiger partial charge in [0.2, 0.25) is 5.91 Å². The fourth-order valence-corrected chi connectivity index (χ4v) is 3.86. The minimum absolute atomic E-state index is 0.00706. The number of benzene rings is 1. The van der Waals surface area contributed by atoms with Crippen molar-refractivity contribution in [3.05, 3.63) is 23.2 Å². The second-order valence-electron chi connectivity index (χ2n) is 7.42. The van der Waals surface area contributed by atoms with Gasteiger partial charge in [-0.25, -0.2) is 0 Å². The van der Waals surface area contributed by atoms with Crippen LogP contribution >= 0.6 is 11.6 Å². The molecule has 0 saturated carbocycles. The number of carbonyl (C=O) groups is 2. The summed E-state index contributed by atoms with van der Waals surface area (Å²) < 4.78 is 5.22. The molecule has 3 atom stereocenters. The molecule has 0 aromatic heterocycles. The fourth-order valence-electron chi connectivity index (χ4n) is 3.69. The fraction of sp³-hybridized carbons (Fsp3) is 0.579. The topological polar surface area (TPSA) is 63.1 Å². The van der Waals surface area contributed by atoms with E-state index < -0.39 is 0 Å². The number of nitrogens with one attached hydrogen (secondary N) is 2. The number of ether oxygens (including phenoxy) is 1. The molecular weight excluding hydrogens is 354 g/mol. The van der Waals surface area contributed by atoms with Crippen LogP contribution in [-0.2, 0) is 9.59 Å². The van der Waals surface area contributed by atoms with Crippen LogP contribution in [0.4, 0.5) is 5.69 Å². The third-order valence-corrected chi connectivity index (χ3v) is 4.96. The van der Waals surface area contributed by atoms with Crippen molar-refractivity contribution < 1.29 is 19.2 Å². The summed E-state index contributed by atoms with van der Waals surface area (Å²) >= 11 is 5.97. The molecule has 1 fully saturated rings. The van der Waals surface area contributed by atoms with Crippen LogP contribution < -0.4 is 15.0 Å². The zero-order valence-corrected chi connectivity index (χ0v) is 16.7. The van der Waals surface area contributed by atoms with Gasteiger partial charge >= 0.3 is 0 Å². The average molecular weight is 383 g/mol. The number of hydrogen-bond donors (Lipinski definition) is 2. The number of amides is 2. The molecule has 1 heterocycles. The first-order valence-electron chi connectivity index (χ1n) is 8.99. The number of halogens is 1. The number of nitrogens with zero attached hydrogens (tertiary/aromatic N) is 1. The number of quaternary nitrogens is 1. The quantitative estimate of drug-likeness (QED) is 0.779. The summed E-state index contributed by atoms with van der Waals surface area (Å²) in [5.74, 6) is 1.49. The number of piperidine rings is 1. The highest BCUT2D eigenvalue weighted by molar-refractivity contribution is 6.31. The van der Waals surface area contributed by atoms with Crippen LogP contribution in [-0.4, -0.2) is 57.1 Å². The molecule has 2 N–H and O–H groups in total. The molecule has 0 radical (unpaired) electrons. The van der Waals surface area contributed by atoms with E-state index in [9.17, 15) is 9.59 Å². The third kappa shape index (κ3) is 5.88. The minimum Gasteiger partial charge on any atom is -0.495 e. The second-order valence-corrected chi connectivity index (χ2v) is 7.86. The number of likely N-dealkylation sites (tertiary alicyclic amines) is 1. The Morgan fingerprint density at radius 2 is 1.96 bits per heavy atom. The Labute approximate surface area is 160 Å². The Morgan fingerprint density at radius 3 is 2.58 bits per heavy atom. The molecule has 1 aliphatic heterocycles. The van der Waals surface area contributed by atoms with Crippen molar-refractivity contribution in [1.82, 2.24) is 4.90 Å². The standard InChI is InChI=1S/C19H28ClN3O3/c1-13-7-14(2)10-23(9-13)12-19(25)22(3)11-18(24)21-16-8-15(20)5-6-17(16)26-4/h5-6,8,13-14H,7,9-12H2,1-4H3,(H,21,24)/p+1/t13-,14+. The number of likely N-dealkylation sites (N-methyl/N-ethyl adjacent to an activating group) is 1. The van der Waals surface area contributed by atoms with Gasteiger partial charge in [0.1, 0.15) is 5.75 Å². The third-order valence-electron chi connectivity index (χ3n) is 4.72. The number of methoxy groups -OCH3 is 1. The van der Waals surface area contributed by atoms with Crippen LogP contribution in [0.1, 0.15) is 20.3 Å². The molecular formula is C19H29ClN3O3+. The Kier molecular flexibility index (Phi) is 7.29. The molecule has 1 aromatic carbocycles. The van der Waals surface area contributed by atoms with Crippen molar-refractivity contribution in [2.75, 3.05) is 45.7 Å². The van der Waals surface area contributed by atoms with Gasteiger partial charge in [0.25, 0.3) is 5.91 Å². The molecule has 0 spiro atoms. The Bertz CT molecular complexity index is 643. The van der Waals surface area contributed by atoms with E-state index in [0.717, 1.165) is 13.1 Å². The van der Waals surface area contributed by atoms with E-state index in [1.54, 1.807) is 25.2 Å².